The lowest BCUT2D eigenvalue weighted by Gasteiger charge is -2.17. The molecule has 5 nitrogen and oxygen atoms in total. The number of rotatable bonds is 5. The van der Waals surface area contributed by atoms with Crippen LogP contribution in [0.4, 0.5) is 0 Å². The maximum Gasteiger partial charge on any atom is 0.308 e. The van der Waals surface area contributed by atoms with Gasteiger partial charge >= 0.3 is 5.97 Å². The lowest BCUT2D eigenvalue weighted by molar-refractivity contribution is -0.141. The second-order valence-corrected chi connectivity index (χ2v) is 4.24. The van der Waals surface area contributed by atoms with Gasteiger partial charge in [0.05, 0.1) is 5.92 Å². The van der Waals surface area contributed by atoms with Crippen LogP contribution in [0.15, 0.2) is 0 Å². The number of carboxylic acid groups (broad SMARTS) is 1. The van der Waals surface area contributed by atoms with E-state index in [1.807, 2.05) is 14.1 Å². The van der Waals surface area contributed by atoms with Gasteiger partial charge in [-0.15, -0.1) is 0 Å². The summed E-state index contributed by atoms with van der Waals surface area (Å²) in [6.07, 6.45) is 1.06. The number of hydrogen-bond acceptors (Lipinski definition) is 3. The molecule has 1 saturated heterocycles. The number of carbonyl (C=O) groups is 2. The minimum absolute atomic E-state index is 0.0267. The van der Waals surface area contributed by atoms with Crippen LogP contribution in [0.1, 0.15) is 12.8 Å². The molecule has 0 bridgehead atoms. The molecule has 1 aliphatic rings. The normalized spacial score (nSPS) is 21.4. The third kappa shape index (κ3) is 3.51. The SMILES string of the molecule is CN(C)CCCN1C[C@H](C(=O)O)CC1=O. The Bertz CT molecular complexity index is 253. The van der Waals surface area contributed by atoms with Crippen molar-refractivity contribution in [2.45, 2.75) is 12.8 Å². The molecule has 1 atom stereocenters. The summed E-state index contributed by atoms with van der Waals surface area (Å²) in [5, 5.41) is 8.78. The number of amides is 1. The van der Waals surface area contributed by atoms with E-state index in [0.29, 0.717) is 13.1 Å². The first-order valence-electron chi connectivity index (χ1n) is 5.16. The molecule has 1 heterocycles. The summed E-state index contributed by atoms with van der Waals surface area (Å²) < 4.78 is 0. The van der Waals surface area contributed by atoms with E-state index in [9.17, 15) is 9.59 Å². The molecule has 0 aromatic rings. The van der Waals surface area contributed by atoms with E-state index in [1.165, 1.54) is 0 Å². The minimum Gasteiger partial charge on any atom is -0.481 e. The highest BCUT2D eigenvalue weighted by molar-refractivity contribution is 5.86. The zero-order valence-electron chi connectivity index (χ0n) is 9.27. The maximum atomic E-state index is 11.4. The molecule has 0 saturated carbocycles. The van der Waals surface area contributed by atoms with E-state index in [-0.39, 0.29) is 12.3 Å². The van der Waals surface area contributed by atoms with Crippen LogP contribution in [-0.4, -0.2) is 60.5 Å². The summed E-state index contributed by atoms with van der Waals surface area (Å²) >= 11 is 0. The van der Waals surface area contributed by atoms with Crippen molar-refractivity contribution in [2.75, 3.05) is 33.7 Å². The Kier molecular flexibility index (Phi) is 4.08. The first kappa shape index (κ1) is 12.0. The third-order valence-corrected chi connectivity index (χ3v) is 2.60. The molecule has 0 aliphatic carbocycles. The van der Waals surface area contributed by atoms with Gasteiger partial charge in [-0.1, -0.05) is 0 Å². The Balaban J connectivity index is 2.31. The lowest BCUT2D eigenvalue weighted by atomic mass is 10.1. The van der Waals surface area contributed by atoms with Crippen LogP contribution in [0, 0.1) is 5.92 Å². The van der Waals surface area contributed by atoms with Gasteiger partial charge in [0.1, 0.15) is 0 Å². The van der Waals surface area contributed by atoms with Crippen molar-refractivity contribution in [3.8, 4) is 0 Å². The molecule has 1 rings (SSSR count). The Morgan fingerprint density at radius 2 is 2.27 bits per heavy atom. The number of nitrogens with zero attached hydrogens (tertiary/aromatic N) is 2. The van der Waals surface area contributed by atoms with Gasteiger partial charge in [0.2, 0.25) is 5.91 Å². The summed E-state index contributed by atoms with van der Waals surface area (Å²) in [5.74, 6) is -1.39. The molecule has 0 aromatic heterocycles. The quantitative estimate of drug-likeness (QED) is 0.692. The first-order chi connectivity index (χ1) is 7.00. The fourth-order valence-electron chi connectivity index (χ4n) is 1.73. The zero-order chi connectivity index (χ0) is 11.4. The molecule has 0 aromatic carbocycles. The van der Waals surface area contributed by atoms with Crippen LogP contribution in [0.2, 0.25) is 0 Å². The summed E-state index contributed by atoms with van der Waals surface area (Å²) in [6.45, 7) is 1.96. The topological polar surface area (TPSA) is 60.9 Å². The molecule has 0 unspecified atom stereocenters. The van der Waals surface area contributed by atoms with Crippen molar-refractivity contribution in [3.63, 3.8) is 0 Å². The van der Waals surface area contributed by atoms with E-state index in [0.717, 1.165) is 13.0 Å². The Morgan fingerprint density at radius 3 is 2.73 bits per heavy atom. The highest BCUT2D eigenvalue weighted by Crippen LogP contribution is 2.17. The van der Waals surface area contributed by atoms with Gasteiger partial charge in [-0.25, -0.2) is 0 Å². The largest absolute Gasteiger partial charge is 0.481 e. The second kappa shape index (κ2) is 5.11. The van der Waals surface area contributed by atoms with Crippen molar-refractivity contribution in [3.05, 3.63) is 0 Å². The fraction of sp³-hybridized carbons (Fsp3) is 0.800. The Hall–Kier alpha value is -1.10. The maximum absolute atomic E-state index is 11.4. The van der Waals surface area contributed by atoms with Crippen molar-refractivity contribution >= 4 is 11.9 Å². The smallest absolute Gasteiger partial charge is 0.308 e. The van der Waals surface area contributed by atoms with Crippen molar-refractivity contribution in [2.24, 2.45) is 5.92 Å². The van der Waals surface area contributed by atoms with Crippen molar-refractivity contribution in [1.29, 1.82) is 0 Å². The number of carbonyl (C=O) groups excluding carboxylic acids is 1. The molecule has 1 aliphatic heterocycles. The van der Waals surface area contributed by atoms with Crippen molar-refractivity contribution in [1.82, 2.24) is 9.80 Å². The first-order valence-corrected chi connectivity index (χ1v) is 5.16. The highest BCUT2D eigenvalue weighted by Gasteiger charge is 2.33. The van der Waals surface area contributed by atoms with E-state index in [1.54, 1.807) is 4.90 Å². The molecule has 1 amide bonds. The third-order valence-electron chi connectivity index (χ3n) is 2.60. The van der Waals surface area contributed by atoms with Gasteiger partial charge in [-0.3, -0.25) is 9.59 Å². The average molecular weight is 214 g/mol. The lowest BCUT2D eigenvalue weighted by Crippen LogP contribution is -2.29. The van der Waals surface area contributed by atoms with Gasteiger partial charge < -0.3 is 14.9 Å². The van der Waals surface area contributed by atoms with Crippen LogP contribution in [0.3, 0.4) is 0 Å². The van der Waals surface area contributed by atoms with Gasteiger partial charge in [0.25, 0.3) is 0 Å². The molecular formula is C10H18N2O3. The van der Waals surface area contributed by atoms with Crippen molar-refractivity contribution < 1.29 is 14.7 Å². The molecular weight excluding hydrogens is 196 g/mol. The molecule has 0 radical (unpaired) electrons. The van der Waals surface area contributed by atoms with Gasteiger partial charge in [-0.05, 0) is 27.1 Å². The summed E-state index contributed by atoms with van der Waals surface area (Å²) in [6, 6.07) is 0. The Labute approximate surface area is 89.7 Å². The molecule has 0 spiro atoms. The summed E-state index contributed by atoms with van der Waals surface area (Å²) in [7, 11) is 3.96. The molecule has 1 fully saturated rings. The molecule has 15 heavy (non-hydrogen) atoms. The molecule has 86 valence electrons. The minimum atomic E-state index is -0.863. The standard InChI is InChI=1S/C10H18N2O3/c1-11(2)4-3-5-12-7-8(10(14)15)6-9(12)13/h8H,3-7H2,1-2H3,(H,14,15)/t8-/m1/s1. The van der Waals surface area contributed by atoms with Crippen LogP contribution in [0.5, 0.6) is 0 Å². The highest BCUT2D eigenvalue weighted by atomic mass is 16.4. The van der Waals surface area contributed by atoms with E-state index >= 15 is 0 Å². The van der Waals surface area contributed by atoms with Gasteiger partial charge in [0, 0.05) is 19.5 Å². The molecule has 1 N–H and O–H groups in total. The van der Waals surface area contributed by atoms with E-state index < -0.39 is 11.9 Å². The fourth-order valence-corrected chi connectivity index (χ4v) is 1.73. The van der Waals surface area contributed by atoms with E-state index in [4.69, 9.17) is 5.11 Å². The summed E-state index contributed by atoms with van der Waals surface area (Å²) in [5.41, 5.74) is 0. The number of aliphatic carboxylic acids is 1. The zero-order valence-corrected chi connectivity index (χ0v) is 9.27. The monoisotopic (exact) mass is 214 g/mol. The van der Waals surface area contributed by atoms with Crippen LogP contribution < -0.4 is 0 Å². The predicted molar refractivity (Wildman–Crippen MR) is 55.5 cm³/mol. The molecule has 5 heteroatoms. The van der Waals surface area contributed by atoms with Crippen LogP contribution in [0.25, 0.3) is 0 Å². The van der Waals surface area contributed by atoms with Gasteiger partial charge in [-0.2, -0.15) is 0 Å². The van der Waals surface area contributed by atoms with Gasteiger partial charge in [0.15, 0.2) is 0 Å². The number of hydrogen-bond donors (Lipinski definition) is 1. The summed E-state index contributed by atoms with van der Waals surface area (Å²) in [4.78, 5) is 25.8. The number of likely N-dealkylation sites (tertiary alicyclic amines) is 1. The van der Waals surface area contributed by atoms with Crippen LogP contribution in [-0.2, 0) is 9.59 Å². The Morgan fingerprint density at radius 1 is 1.60 bits per heavy atom. The van der Waals surface area contributed by atoms with E-state index in [2.05, 4.69) is 4.90 Å². The predicted octanol–water partition coefficient (Wildman–Crippen LogP) is -0.129. The van der Waals surface area contributed by atoms with Crippen LogP contribution >= 0.6 is 0 Å². The number of carboxylic acids is 1. The second-order valence-electron chi connectivity index (χ2n) is 4.24. The average Bonchev–Trinajstić information content (AvgIpc) is 2.47.